The Bertz CT molecular complexity index is 859. The number of nitrogens with one attached hydrogen (secondary N) is 2. The number of rotatable bonds is 3. The number of aromatic nitrogens is 2. The van der Waals surface area contributed by atoms with E-state index in [0.717, 1.165) is 48.4 Å². The summed E-state index contributed by atoms with van der Waals surface area (Å²) in [5.41, 5.74) is 2.73. The standard InChI is InChI=1S/C19H25N5O2/c1-3-17-22-15-9-12(5-8-16(15)23(17)4-2)21-19(26)24-13-6-7-14(24)11-20-18(25)10-13/h5,8-9,13-14H,3-4,6-7,10-11H2,1-2H3,(H,20,25)(H,21,26)/t13-,14+/m1/s1. The lowest BCUT2D eigenvalue weighted by molar-refractivity contribution is -0.121. The van der Waals surface area contributed by atoms with Gasteiger partial charge < -0.3 is 20.1 Å². The fourth-order valence-corrected chi connectivity index (χ4v) is 4.28. The molecule has 3 amide bonds. The zero-order valence-corrected chi connectivity index (χ0v) is 15.3. The predicted octanol–water partition coefficient (Wildman–Crippen LogP) is 2.50. The van der Waals surface area contributed by atoms with Gasteiger partial charge in [0.25, 0.3) is 0 Å². The zero-order valence-electron chi connectivity index (χ0n) is 15.3. The summed E-state index contributed by atoms with van der Waals surface area (Å²) in [7, 11) is 0. The summed E-state index contributed by atoms with van der Waals surface area (Å²) >= 11 is 0. The third-order valence-electron chi connectivity index (χ3n) is 5.52. The Labute approximate surface area is 152 Å². The van der Waals surface area contributed by atoms with Gasteiger partial charge in [-0.3, -0.25) is 4.79 Å². The van der Waals surface area contributed by atoms with Crippen LogP contribution in [0.25, 0.3) is 11.0 Å². The molecule has 2 saturated heterocycles. The Balaban J connectivity index is 1.57. The molecule has 0 unspecified atom stereocenters. The molecule has 0 radical (unpaired) electrons. The summed E-state index contributed by atoms with van der Waals surface area (Å²) in [6.07, 6.45) is 3.11. The first kappa shape index (κ1) is 16.9. The summed E-state index contributed by atoms with van der Waals surface area (Å²) in [5.74, 6) is 1.09. The molecule has 2 N–H and O–H groups in total. The van der Waals surface area contributed by atoms with Gasteiger partial charge in [0.15, 0.2) is 0 Å². The Morgan fingerprint density at radius 3 is 2.88 bits per heavy atom. The fraction of sp³-hybridized carbons (Fsp3) is 0.526. The second-order valence-corrected chi connectivity index (χ2v) is 7.06. The summed E-state index contributed by atoms with van der Waals surface area (Å²) in [6, 6.07) is 5.83. The van der Waals surface area contributed by atoms with Gasteiger partial charge in [-0.1, -0.05) is 6.92 Å². The van der Waals surface area contributed by atoms with Crippen molar-refractivity contribution < 1.29 is 9.59 Å². The smallest absolute Gasteiger partial charge is 0.322 e. The number of urea groups is 1. The Morgan fingerprint density at radius 2 is 2.12 bits per heavy atom. The number of benzene rings is 1. The molecule has 7 nitrogen and oxygen atoms in total. The van der Waals surface area contributed by atoms with Gasteiger partial charge in [0.2, 0.25) is 5.91 Å². The van der Waals surface area contributed by atoms with Crippen LogP contribution >= 0.6 is 0 Å². The number of anilines is 1. The molecule has 2 aromatic rings. The van der Waals surface area contributed by atoms with Crippen LogP contribution in [0.4, 0.5) is 10.5 Å². The number of fused-ring (bicyclic) bond motifs is 3. The van der Waals surface area contributed by atoms with Crippen molar-refractivity contribution >= 4 is 28.7 Å². The van der Waals surface area contributed by atoms with E-state index >= 15 is 0 Å². The molecule has 2 aliphatic heterocycles. The lowest BCUT2D eigenvalue weighted by atomic mass is 10.1. The Hall–Kier alpha value is -2.57. The molecule has 7 heteroatoms. The molecule has 2 fully saturated rings. The van der Waals surface area contributed by atoms with Crippen molar-refractivity contribution in [2.45, 2.75) is 58.2 Å². The molecule has 0 spiro atoms. The van der Waals surface area contributed by atoms with Gasteiger partial charge in [0.05, 0.1) is 17.1 Å². The van der Waals surface area contributed by atoms with Crippen LogP contribution in [0.5, 0.6) is 0 Å². The van der Waals surface area contributed by atoms with E-state index in [-0.39, 0.29) is 24.0 Å². The van der Waals surface area contributed by atoms with E-state index in [9.17, 15) is 9.59 Å². The van der Waals surface area contributed by atoms with Crippen LogP contribution in [-0.4, -0.2) is 45.0 Å². The highest BCUT2D eigenvalue weighted by Crippen LogP contribution is 2.29. The number of hydrogen-bond acceptors (Lipinski definition) is 3. The molecule has 0 saturated carbocycles. The maximum Gasteiger partial charge on any atom is 0.322 e. The maximum atomic E-state index is 12.9. The van der Waals surface area contributed by atoms with E-state index in [1.165, 1.54) is 0 Å². The van der Waals surface area contributed by atoms with Crippen molar-refractivity contribution in [3.05, 3.63) is 24.0 Å². The first-order chi connectivity index (χ1) is 12.6. The minimum atomic E-state index is -0.126. The summed E-state index contributed by atoms with van der Waals surface area (Å²) < 4.78 is 2.20. The molecule has 2 aliphatic rings. The van der Waals surface area contributed by atoms with Gasteiger partial charge in [-0.15, -0.1) is 0 Å². The van der Waals surface area contributed by atoms with E-state index < -0.39 is 0 Å². The van der Waals surface area contributed by atoms with Gasteiger partial charge in [-0.05, 0) is 38.0 Å². The lowest BCUT2D eigenvalue weighted by Crippen LogP contribution is -2.44. The number of carbonyl (C=O) groups excluding carboxylic acids is 2. The first-order valence-electron chi connectivity index (χ1n) is 9.45. The number of carbonyl (C=O) groups is 2. The first-order valence-corrected chi connectivity index (χ1v) is 9.45. The Morgan fingerprint density at radius 1 is 1.31 bits per heavy atom. The lowest BCUT2D eigenvalue weighted by Gasteiger charge is -2.27. The summed E-state index contributed by atoms with van der Waals surface area (Å²) in [6.45, 7) is 5.63. The van der Waals surface area contributed by atoms with Crippen molar-refractivity contribution in [3.63, 3.8) is 0 Å². The minimum Gasteiger partial charge on any atom is -0.354 e. The van der Waals surface area contributed by atoms with Gasteiger partial charge in [-0.25, -0.2) is 9.78 Å². The normalized spacial score (nSPS) is 22.4. The number of amides is 3. The van der Waals surface area contributed by atoms with Gasteiger partial charge in [0, 0.05) is 37.7 Å². The van der Waals surface area contributed by atoms with Gasteiger partial charge >= 0.3 is 6.03 Å². The molecule has 3 heterocycles. The topological polar surface area (TPSA) is 79.3 Å². The average Bonchev–Trinajstić information content (AvgIpc) is 3.13. The van der Waals surface area contributed by atoms with E-state index in [1.54, 1.807) is 0 Å². The van der Waals surface area contributed by atoms with Crippen LogP contribution in [0.1, 0.15) is 38.9 Å². The van der Waals surface area contributed by atoms with Crippen LogP contribution in [-0.2, 0) is 17.8 Å². The fourth-order valence-electron chi connectivity index (χ4n) is 4.28. The largest absolute Gasteiger partial charge is 0.354 e. The molecular weight excluding hydrogens is 330 g/mol. The summed E-state index contributed by atoms with van der Waals surface area (Å²) in [5, 5.41) is 5.91. The van der Waals surface area contributed by atoms with Crippen molar-refractivity contribution in [3.8, 4) is 0 Å². The molecule has 1 aromatic carbocycles. The second kappa shape index (κ2) is 6.63. The number of hydrogen-bond donors (Lipinski definition) is 2. The highest BCUT2D eigenvalue weighted by molar-refractivity contribution is 5.93. The summed E-state index contributed by atoms with van der Waals surface area (Å²) in [4.78, 5) is 31.2. The van der Waals surface area contributed by atoms with Crippen LogP contribution in [0, 0.1) is 0 Å². The van der Waals surface area contributed by atoms with E-state index in [4.69, 9.17) is 4.98 Å². The van der Waals surface area contributed by atoms with E-state index in [0.29, 0.717) is 13.0 Å². The van der Waals surface area contributed by atoms with Crippen LogP contribution < -0.4 is 10.6 Å². The molecule has 138 valence electrons. The molecule has 2 atom stereocenters. The van der Waals surface area contributed by atoms with Crippen LogP contribution in [0.2, 0.25) is 0 Å². The second-order valence-electron chi connectivity index (χ2n) is 7.06. The minimum absolute atomic E-state index is 0.00257. The SMILES string of the molecule is CCc1nc2cc(NC(=O)N3[C@@H]4CC[C@H]3CNC(=O)C4)ccc2n1CC. The monoisotopic (exact) mass is 355 g/mol. The predicted molar refractivity (Wildman–Crippen MR) is 100 cm³/mol. The van der Waals surface area contributed by atoms with Crippen molar-refractivity contribution in [2.75, 3.05) is 11.9 Å². The molecule has 0 aliphatic carbocycles. The van der Waals surface area contributed by atoms with Crippen molar-refractivity contribution in [1.82, 2.24) is 19.8 Å². The quantitative estimate of drug-likeness (QED) is 0.888. The highest BCUT2D eigenvalue weighted by Gasteiger charge is 2.40. The molecule has 4 rings (SSSR count). The molecule has 26 heavy (non-hydrogen) atoms. The van der Waals surface area contributed by atoms with Crippen molar-refractivity contribution in [1.29, 1.82) is 0 Å². The number of nitrogens with zero attached hydrogens (tertiary/aromatic N) is 3. The third kappa shape index (κ3) is 2.81. The highest BCUT2D eigenvalue weighted by atomic mass is 16.2. The number of aryl methyl sites for hydroxylation is 2. The third-order valence-corrected chi connectivity index (χ3v) is 5.52. The van der Waals surface area contributed by atoms with Gasteiger partial charge in [0.1, 0.15) is 5.82 Å². The van der Waals surface area contributed by atoms with Gasteiger partial charge in [-0.2, -0.15) is 0 Å². The Kier molecular flexibility index (Phi) is 4.30. The van der Waals surface area contributed by atoms with Crippen LogP contribution in [0.15, 0.2) is 18.2 Å². The molecular formula is C19H25N5O2. The number of imidazole rings is 1. The van der Waals surface area contributed by atoms with E-state index in [1.807, 2.05) is 23.1 Å². The van der Waals surface area contributed by atoms with Crippen molar-refractivity contribution in [2.24, 2.45) is 0 Å². The zero-order chi connectivity index (χ0) is 18.3. The van der Waals surface area contributed by atoms with E-state index in [2.05, 4.69) is 29.0 Å². The average molecular weight is 355 g/mol. The van der Waals surface area contributed by atoms with Crippen LogP contribution in [0.3, 0.4) is 0 Å². The molecule has 2 bridgehead atoms. The molecule has 1 aromatic heterocycles. The maximum absolute atomic E-state index is 12.9.